The summed E-state index contributed by atoms with van der Waals surface area (Å²) in [5, 5.41) is 0. The molecule has 14 heavy (non-hydrogen) atoms. The zero-order valence-corrected chi connectivity index (χ0v) is 11.2. The summed E-state index contributed by atoms with van der Waals surface area (Å²) < 4.78 is 11.5. The van der Waals surface area contributed by atoms with Crippen LogP contribution in [0.4, 0.5) is 0 Å². The second-order valence-corrected chi connectivity index (χ2v) is 5.87. The van der Waals surface area contributed by atoms with Gasteiger partial charge in [-0.3, -0.25) is 0 Å². The van der Waals surface area contributed by atoms with Gasteiger partial charge in [0, 0.05) is 19.3 Å². The van der Waals surface area contributed by atoms with Gasteiger partial charge in [-0.25, -0.2) is 0 Å². The van der Waals surface area contributed by atoms with Crippen LogP contribution in [-0.2, 0) is 8.85 Å². The molecule has 0 aliphatic rings. The van der Waals surface area contributed by atoms with Crippen molar-refractivity contribution in [2.75, 3.05) is 33.9 Å². The van der Waals surface area contributed by atoms with E-state index in [1.54, 1.807) is 0 Å². The Kier molecular flexibility index (Phi) is 9.71. The quantitative estimate of drug-likeness (QED) is 0.550. The summed E-state index contributed by atoms with van der Waals surface area (Å²) in [6.07, 6.45) is 2.17. The maximum atomic E-state index is 5.73. The van der Waals surface area contributed by atoms with E-state index in [0.717, 1.165) is 38.6 Å². The Balaban J connectivity index is 3.60. The number of nitrogens with zero attached hydrogens (tertiary/aromatic N) is 1. The van der Waals surface area contributed by atoms with Gasteiger partial charge in [-0.1, -0.05) is 13.8 Å². The summed E-state index contributed by atoms with van der Waals surface area (Å²) in [4.78, 5) is 2.19. The molecule has 0 aromatic heterocycles. The molecular formula is C10H25NO2Si. The number of hydrogen-bond donors (Lipinski definition) is 0. The van der Waals surface area contributed by atoms with Gasteiger partial charge in [0.2, 0.25) is 0 Å². The minimum Gasteiger partial charge on any atom is -0.397 e. The van der Waals surface area contributed by atoms with Crippen LogP contribution in [0.25, 0.3) is 0 Å². The first-order chi connectivity index (χ1) is 6.70. The van der Waals surface area contributed by atoms with Crippen molar-refractivity contribution in [2.45, 2.75) is 32.7 Å². The van der Waals surface area contributed by atoms with Crippen molar-refractivity contribution in [3.05, 3.63) is 0 Å². The Hall–Kier alpha value is 0.0969. The molecule has 0 amide bonds. The van der Waals surface area contributed by atoms with E-state index in [0.29, 0.717) is 0 Å². The Morgan fingerprint density at radius 1 is 1.00 bits per heavy atom. The zero-order valence-electron chi connectivity index (χ0n) is 10.1. The maximum absolute atomic E-state index is 5.73. The molecular weight excluding hydrogens is 194 g/mol. The van der Waals surface area contributed by atoms with Gasteiger partial charge < -0.3 is 13.8 Å². The van der Waals surface area contributed by atoms with Crippen molar-refractivity contribution < 1.29 is 8.85 Å². The maximum Gasteiger partial charge on any atom is 0.322 e. The smallest absolute Gasteiger partial charge is 0.322 e. The van der Waals surface area contributed by atoms with Gasteiger partial charge >= 0.3 is 9.28 Å². The fourth-order valence-corrected chi connectivity index (χ4v) is 3.23. The fraction of sp³-hybridized carbons (Fsp3) is 1.00. The third-order valence-corrected chi connectivity index (χ3v) is 3.77. The molecule has 0 unspecified atom stereocenters. The fourth-order valence-electron chi connectivity index (χ4n) is 1.08. The molecule has 0 fully saturated rings. The largest absolute Gasteiger partial charge is 0.397 e. The van der Waals surface area contributed by atoms with Crippen LogP contribution in [0.15, 0.2) is 0 Å². The second kappa shape index (κ2) is 9.64. The highest BCUT2D eigenvalue weighted by molar-refractivity contribution is 6.44. The van der Waals surface area contributed by atoms with Crippen molar-refractivity contribution in [1.29, 1.82) is 0 Å². The molecule has 4 heteroatoms. The van der Waals surface area contributed by atoms with Gasteiger partial charge in [0.1, 0.15) is 0 Å². The van der Waals surface area contributed by atoms with E-state index in [1.807, 2.05) is 0 Å². The van der Waals surface area contributed by atoms with Crippen molar-refractivity contribution in [3.8, 4) is 0 Å². The monoisotopic (exact) mass is 219 g/mol. The molecule has 0 atom stereocenters. The topological polar surface area (TPSA) is 21.7 Å². The normalized spacial score (nSPS) is 11.6. The highest BCUT2D eigenvalue weighted by Gasteiger charge is 2.12. The van der Waals surface area contributed by atoms with Crippen molar-refractivity contribution >= 4 is 9.28 Å². The lowest BCUT2D eigenvalue weighted by molar-refractivity contribution is 0.193. The third-order valence-electron chi connectivity index (χ3n) is 1.83. The Labute approximate surface area is 90.2 Å². The Bertz CT molecular complexity index is 115. The Morgan fingerprint density at radius 2 is 1.50 bits per heavy atom. The standard InChI is InChI=1S/C10H25NO2Si/c1-5-8-12-14(13-9-6-2)10-7-11(3)4/h14H,5-10H2,1-4H3. The van der Waals surface area contributed by atoms with Crippen LogP contribution in [0.5, 0.6) is 0 Å². The average molecular weight is 219 g/mol. The molecule has 3 nitrogen and oxygen atoms in total. The highest BCUT2D eigenvalue weighted by Crippen LogP contribution is 2.00. The van der Waals surface area contributed by atoms with Gasteiger partial charge in [0.15, 0.2) is 0 Å². The molecule has 0 heterocycles. The second-order valence-electron chi connectivity index (χ2n) is 3.76. The van der Waals surface area contributed by atoms with E-state index in [2.05, 4.69) is 32.8 Å². The van der Waals surface area contributed by atoms with E-state index >= 15 is 0 Å². The first-order valence-electron chi connectivity index (χ1n) is 5.58. The molecule has 0 aliphatic carbocycles. The molecule has 0 N–H and O–H groups in total. The SMILES string of the molecule is CCCO[SiH](CCN(C)C)OCCC. The van der Waals surface area contributed by atoms with Crippen LogP contribution in [-0.4, -0.2) is 48.0 Å². The van der Waals surface area contributed by atoms with Gasteiger partial charge in [-0.05, 0) is 33.5 Å². The van der Waals surface area contributed by atoms with Crippen LogP contribution in [0.3, 0.4) is 0 Å². The van der Waals surface area contributed by atoms with E-state index in [-0.39, 0.29) is 0 Å². The lowest BCUT2D eigenvalue weighted by atomic mass is 10.5. The predicted molar refractivity (Wildman–Crippen MR) is 63.0 cm³/mol. The summed E-state index contributed by atoms with van der Waals surface area (Å²) in [7, 11) is 2.81. The van der Waals surface area contributed by atoms with E-state index in [4.69, 9.17) is 8.85 Å². The van der Waals surface area contributed by atoms with E-state index in [1.165, 1.54) is 0 Å². The molecule has 0 aliphatic heterocycles. The van der Waals surface area contributed by atoms with Crippen molar-refractivity contribution in [3.63, 3.8) is 0 Å². The summed E-state index contributed by atoms with van der Waals surface area (Å²) in [5.41, 5.74) is 0. The van der Waals surface area contributed by atoms with Crippen molar-refractivity contribution in [1.82, 2.24) is 4.90 Å². The van der Waals surface area contributed by atoms with Crippen LogP contribution in [0, 0.1) is 0 Å². The minimum absolute atomic E-state index is 0.855. The molecule has 0 saturated carbocycles. The third kappa shape index (κ3) is 8.68. The summed E-state index contributed by atoms with van der Waals surface area (Å²) in [6.45, 7) is 7.06. The molecule has 86 valence electrons. The van der Waals surface area contributed by atoms with Crippen LogP contribution in [0.1, 0.15) is 26.7 Å². The molecule has 0 aromatic carbocycles. The van der Waals surface area contributed by atoms with E-state index in [9.17, 15) is 0 Å². The van der Waals surface area contributed by atoms with E-state index < -0.39 is 9.28 Å². The molecule has 0 radical (unpaired) electrons. The van der Waals surface area contributed by atoms with Crippen LogP contribution >= 0.6 is 0 Å². The van der Waals surface area contributed by atoms with Gasteiger partial charge in [-0.2, -0.15) is 0 Å². The molecule has 0 saturated heterocycles. The van der Waals surface area contributed by atoms with Gasteiger partial charge in [0.25, 0.3) is 0 Å². The average Bonchev–Trinajstić information content (AvgIpc) is 2.16. The summed E-state index contributed by atoms with van der Waals surface area (Å²) >= 11 is 0. The number of rotatable bonds is 9. The lowest BCUT2D eigenvalue weighted by Gasteiger charge is -2.18. The highest BCUT2D eigenvalue weighted by atomic mass is 28.3. The van der Waals surface area contributed by atoms with Crippen LogP contribution < -0.4 is 0 Å². The van der Waals surface area contributed by atoms with Crippen molar-refractivity contribution in [2.24, 2.45) is 0 Å². The summed E-state index contributed by atoms with van der Waals surface area (Å²) in [6, 6.07) is 1.09. The molecule has 0 spiro atoms. The number of hydrogen-bond acceptors (Lipinski definition) is 3. The summed E-state index contributed by atoms with van der Waals surface area (Å²) in [5.74, 6) is 0. The zero-order chi connectivity index (χ0) is 10.8. The predicted octanol–water partition coefficient (Wildman–Crippen LogP) is 1.62. The molecule has 0 aromatic rings. The first kappa shape index (κ1) is 14.1. The lowest BCUT2D eigenvalue weighted by Crippen LogP contribution is -2.28. The van der Waals surface area contributed by atoms with Gasteiger partial charge in [0.05, 0.1) is 0 Å². The Morgan fingerprint density at radius 3 is 1.86 bits per heavy atom. The van der Waals surface area contributed by atoms with Crippen LogP contribution in [0.2, 0.25) is 6.04 Å². The molecule has 0 bridgehead atoms. The minimum atomic E-state index is -1.37. The van der Waals surface area contributed by atoms with Gasteiger partial charge in [-0.15, -0.1) is 0 Å². The molecule has 0 rings (SSSR count). The first-order valence-corrected chi connectivity index (χ1v) is 7.34.